The third-order valence-electron chi connectivity index (χ3n) is 4.11. The molecule has 9 heteroatoms. The minimum absolute atomic E-state index is 0.267. The maximum Gasteiger partial charge on any atom is 0.573 e. The number of benzene rings is 2. The first-order chi connectivity index (χ1) is 14.4. The maximum absolute atomic E-state index is 13.9. The van der Waals surface area contributed by atoms with Gasteiger partial charge in [-0.2, -0.15) is 4.98 Å². The van der Waals surface area contributed by atoms with Crippen LogP contribution in [0, 0.1) is 12.7 Å². The van der Waals surface area contributed by atoms with Crippen molar-refractivity contribution in [3.8, 4) is 17.0 Å². The van der Waals surface area contributed by atoms with Crippen LogP contribution in [0.5, 0.6) is 5.75 Å². The van der Waals surface area contributed by atoms with Gasteiger partial charge in [-0.3, -0.25) is 0 Å². The summed E-state index contributed by atoms with van der Waals surface area (Å²) in [5, 5.41) is 6.21. The molecule has 0 saturated heterocycles. The second-order valence-corrected chi connectivity index (χ2v) is 7.95. The van der Waals surface area contributed by atoms with Crippen molar-refractivity contribution in [2.75, 3.05) is 10.6 Å². The SMILES string of the molecule is Cc1c(F)cccc1Nc1cc(-c2cccc(OC(F)(F)F)c2)nc(NC(C)(C)C)n1. The van der Waals surface area contributed by atoms with Gasteiger partial charge in [0.25, 0.3) is 0 Å². The minimum Gasteiger partial charge on any atom is -0.406 e. The molecule has 0 fully saturated rings. The van der Waals surface area contributed by atoms with Crippen molar-refractivity contribution in [1.29, 1.82) is 0 Å². The minimum atomic E-state index is -4.80. The number of halogens is 4. The highest BCUT2D eigenvalue weighted by Gasteiger charge is 2.31. The fourth-order valence-electron chi connectivity index (χ4n) is 2.78. The highest BCUT2D eigenvalue weighted by atomic mass is 19.4. The van der Waals surface area contributed by atoms with Crippen LogP contribution in [-0.2, 0) is 0 Å². The molecule has 0 atom stereocenters. The Balaban J connectivity index is 2.04. The summed E-state index contributed by atoms with van der Waals surface area (Å²) in [6.07, 6.45) is -4.80. The normalized spacial score (nSPS) is 11.9. The molecule has 0 bridgehead atoms. The Kier molecular flexibility index (Phi) is 6.06. The van der Waals surface area contributed by atoms with Crippen LogP contribution in [0.15, 0.2) is 48.5 Å². The number of rotatable bonds is 5. The topological polar surface area (TPSA) is 59.1 Å². The molecule has 164 valence electrons. The summed E-state index contributed by atoms with van der Waals surface area (Å²) < 4.78 is 55.7. The Morgan fingerprint density at radius 3 is 2.32 bits per heavy atom. The molecular weight excluding hydrogens is 412 g/mol. The van der Waals surface area contributed by atoms with Gasteiger partial charge < -0.3 is 15.4 Å². The lowest BCUT2D eigenvalue weighted by Crippen LogP contribution is -2.27. The van der Waals surface area contributed by atoms with E-state index >= 15 is 0 Å². The molecule has 2 aromatic carbocycles. The predicted octanol–water partition coefficient (Wildman–Crippen LogP) is 6.44. The summed E-state index contributed by atoms with van der Waals surface area (Å²) in [6, 6.07) is 11.7. The molecule has 0 unspecified atom stereocenters. The molecule has 1 aromatic heterocycles. The Bertz CT molecular complexity index is 1080. The van der Waals surface area contributed by atoms with E-state index in [2.05, 4.69) is 25.3 Å². The van der Waals surface area contributed by atoms with Gasteiger partial charge in [-0.25, -0.2) is 9.37 Å². The largest absolute Gasteiger partial charge is 0.573 e. The summed E-state index contributed by atoms with van der Waals surface area (Å²) in [5.74, 6) is -0.106. The van der Waals surface area contributed by atoms with Crippen molar-refractivity contribution in [3.63, 3.8) is 0 Å². The van der Waals surface area contributed by atoms with Crippen molar-refractivity contribution < 1.29 is 22.3 Å². The molecule has 0 amide bonds. The van der Waals surface area contributed by atoms with Gasteiger partial charge in [0.05, 0.1) is 5.69 Å². The second kappa shape index (κ2) is 8.41. The van der Waals surface area contributed by atoms with E-state index in [1.807, 2.05) is 20.8 Å². The van der Waals surface area contributed by atoms with E-state index in [1.54, 1.807) is 31.2 Å². The van der Waals surface area contributed by atoms with Gasteiger partial charge in [-0.1, -0.05) is 18.2 Å². The summed E-state index contributed by atoms with van der Waals surface area (Å²) in [4.78, 5) is 8.86. The maximum atomic E-state index is 13.9. The van der Waals surface area contributed by atoms with Gasteiger partial charge >= 0.3 is 6.36 Å². The van der Waals surface area contributed by atoms with Crippen LogP contribution in [0.4, 0.5) is 35.0 Å². The Morgan fingerprint density at radius 2 is 1.65 bits per heavy atom. The van der Waals surface area contributed by atoms with Gasteiger partial charge in [0.2, 0.25) is 5.95 Å². The van der Waals surface area contributed by atoms with E-state index in [0.29, 0.717) is 28.3 Å². The number of aromatic nitrogens is 2. The molecule has 0 radical (unpaired) electrons. The van der Waals surface area contributed by atoms with E-state index in [-0.39, 0.29) is 23.1 Å². The number of nitrogens with one attached hydrogen (secondary N) is 2. The van der Waals surface area contributed by atoms with Gasteiger partial charge in [0.1, 0.15) is 17.4 Å². The molecule has 5 nitrogen and oxygen atoms in total. The molecule has 0 spiro atoms. The van der Waals surface area contributed by atoms with Crippen LogP contribution < -0.4 is 15.4 Å². The number of nitrogens with zero attached hydrogens (tertiary/aromatic N) is 2. The third-order valence-corrected chi connectivity index (χ3v) is 4.11. The highest BCUT2D eigenvalue weighted by molar-refractivity contribution is 5.69. The number of alkyl halides is 3. The number of hydrogen-bond acceptors (Lipinski definition) is 5. The quantitative estimate of drug-likeness (QED) is 0.452. The van der Waals surface area contributed by atoms with Crippen molar-refractivity contribution in [1.82, 2.24) is 9.97 Å². The molecule has 3 rings (SSSR count). The third kappa shape index (κ3) is 6.31. The van der Waals surface area contributed by atoms with E-state index in [0.717, 1.165) is 0 Å². The first-order valence-corrected chi connectivity index (χ1v) is 9.45. The number of ether oxygens (including phenoxy) is 1. The van der Waals surface area contributed by atoms with Crippen molar-refractivity contribution in [3.05, 3.63) is 59.9 Å². The van der Waals surface area contributed by atoms with Crippen molar-refractivity contribution in [2.45, 2.75) is 39.6 Å². The van der Waals surface area contributed by atoms with E-state index in [1.165, 1.54) is 24.3 Å². The van der Waals surface area contributed by atoms with Gasteiger partial charge in [-0.15, -0.1) is 13.2 Å². The van der Waals surface area contributed by atoms with Crippen molar-refractivity contribution >= 4 is 17.5 Å². The summed E-state index contributed by atoms with van der Waals surface area (Å²) in [5.41, 5.74) is 1.33. The van der Waals surface area contributed by atoms with Crippen LogP contribution in [0.3, 0.4) is 0 Å². The zero-order chi connectivity index (χ0) is 22.8. The van der Waals surface area contributed by atoms with E-state index < -0.39 is 6.36 Å². The van der Waals surface area contributed by atoms with Crippen molar-refractivity contribution in [2.24, 2.45) is 0 Å². The van der Waals surface area contributed by atoms with Crippen LogP contribution >= 0.6 is 0 Å². The molecule has 1 heterocycles. The lowest BCUT2D eigenvalue weighted by molar-refractivity contribution is -0.274. The highest BCUT2D eigenvalue weighted by Crippen LogP contribution is 2.30. The number of anilines is 3. The fraction of sp³-hybridized carbons (Fsp3) is 0.273. The summed E-state index contributed by atoms with van der Waals surface area (Å²) >= 11 is 0. The molecule has 31 heavy (non-hydrogen) atoms. The zero-order valence-corrected chi connectivity index (χ0v) is 17.4. The van der Waals surface area contributed by atoms with E-state index in [9.17, 15) is 17.6 Å². The fourth-order valence-corrected chi connectivity index (χ4v) is 2.78. The predicted molar refractivity (Wildman–Crippen MR) is 112 cm³/mol. The van der Waals surface area contributed by atoms with Crippen LogP contribution in [0.25, 0.3) is 11.3 Å². The summed E-state index contributed by atoms with van der Waals surface area (Å²) in [7, 11) is 0. The lowest BCUT2D eigenvalue weighted by atomic mass is 10.1. The van der Waals surface area contributed by atoms with Crippen LogP contribution in [0.2, 0.25) is 0 Å². The monoisotopic (exact) mass is 434 g/mol. The standard InChI is InChI=1S/C22H22F4N4O/c1-13-16(23)9-6-10-17(13)27-19-12-18(28-20(29-19)30-21(2,3)4)14-7-5-8-15(11-14)31-22(24,25)26/h5-12H,1-4H3,(H2,27,28,29,30). The Labute approximate surface area is 177 Å². The molecule has 0 saturated carbocycles. The van der Waals surface area contributed by atoms with Gasteiger partial charge in [-0.05, 0) is 52.0 Å². The molecule has 0 aliphatic heterocycles. The van der Waals surface area contributed by atoms with E-state index in [4.69, 9.17) is 0 Å². The molecule has 0 aliphatic carbocycles. The second-order valence-electron chi connectivity index (χ2n) is 7.95. The lowest BCUT2D eigenvalue weighted by Gasteiger charge is -2.21. The molecule has 0 aliphatic rings. The average molecular weight is 434 g/mol. The zero-order valence-electron chi connectivity index (χ0n) is 17.4. The van der Waals surface area contributed by atoms with Gasteiger partial charge in [0.15, 0.2) is 0 Å². The molecule has 3 aromatic rings. The van der Waals surface area contributed by atoms with Crippen LogP contribution in [0.1, 0.15) is 26.3 Å². The molecule has 2 N–H and O–H groups in total. The smallest absolute Gasteiger partial charge is 0.406 e. The average Bonchev–Trinajstić information content (AvgIpc) is 2.63. The number of hydrogen-bond donors (Lipinski definition) is 2. The Hall–Kier alpha value is -3.36. The summed E-state index contributed by atoms with van der Waals surface area (Å²) in [6.45, 7) is 7.39. The van der Waals surface area contributed by atoms with Crippen LogP contribution in [-0.4, -0.2) is 21.9 Å². The Morgan fingerprint density at radius 1 is 0.935 bits per heavy atom. The van der Waals surface area contributed by atoms with Gasteiger partial charge in [0, 0.05) is 28.4 Å². The molecular formula is C22H22F4N4O. The first-order valence-electron chi connectivity index (χ1n) is 9.45. The first kappa shape index (κ1) is 22.3.